The highest BCUT2D eigenvalue weighted by Crippen LogP contribution is 2.28. The highest BCUT2D eigenvalue weighted by Gasteiger charge is 2.29. The third kappa shape index (κ3) is 2.86. The Hall–Kier alpha value is -1.79. The molecule has 3 nitrogen and oxygen atoms in total. The van der Waals surface area contributed by atoms with Crippen molar-refractivity contribution in [2.75, 3.05) is 6.54 Å². The second kappa shape index (κ2) is 5.68. The molecule has 3 N–H and O–H groups in total. The summed E-state index contributed by atoms with van der Waals surface area (Å²) in [6, 6.07) is 9.98. The maximum atomic E-state index is 13.2. The van der Waals surface area contributed by atoms with Gasteiger partial charge in [0.1, 0.15) is 16.9 Å². The van der Waals surface area contributed by atoms with E-state index in [4.69, 9.17) is 0 Å². The van der Waals surface area contributed by atoms with Gasteiger partial charge < -0.3 is 5.73 Å². The van der Waals surface area contributed by atoms with Crippen LogP contribution in [0.3, 0.4) is 0 Å². The van der Waals surface area contributed by atoms with Crippen molar-refractivity contribution in [3.05, 3.63) is 65.7 Å². The van der Waals surface area contributed by atoms with E-state index in [-0.39, 0.29) is 11.4 Å². The summed E-state index contributed by atoms with van der Waals surface area (Å²) in [6.07, 6.45) is 0. The van der Waals surface area contributed by atoms with Gasteiger partial charge in [0.25, 0.3) is 0 Å². The Labute approximate surface area is 116 Å². The molecule has 2 aromatic carbocycles. The van der Waals surface area contributed by atoms with E-state index in [0.717, 1.165) is 12.1 Å². The molecule has 106 valence electrons. The van der Waals surface area contributed by atoms with Gasteiger partial charge in [-0.2, -0.15) is 0 Å². The van der Waals surface area contributed by atoms with Gasteiger partial charge >= 0.3 is 0 Å². The van der Waals surface area contributed by atoms with E-state index >= 15 is 0 Å². The molecule has 0 fully saturated rings. The molecule has 0 saturated heterocycles. The van der Waals surface area contributed by atoms with Gasteiger partial charge in [-0.25, -0.2) is 17.2 Å². The Kier molecular flexibility index (Phi) is 4.15. The van der Waals surface area contributed by atoms with Crippen LogP contribution in [0.5, 0.6) is 0 Å². The fraction of sp³-hybridized carbons (Fsp3) is 0.143. The van der Waals surface area contributed by atoms with Gasteiger partial charge in [-0.3, -0.25) is 0 Å². The quantitative estimate of drug-likeness (QED) is 0.874. The Morgan fingerprint density at radius 3 is 2.20 bits per heavy atom. The smallest absolute Gasteiger partial charge is 0.190 e. The first-order valence-corrected chi connectivity index (χ1v) is 7.54. The Bertz CT molecular complexity index is 699. The van der Waals surface area contributed by atoms with Crippen molar-refractivity contribution >= 4 is 9.84 Å². The van der Waals surface area contributed by atoms with Crippen LogP contribution in [0.4, 0.5) is 8.78 Å². The van der Waals surface area contributed by atoms with E-state index in [0.29, 0.717) is 5.56 Å². The first kappa shape index (κ1) is 14.6. The molecule has 0 spiro atoms. The molecule has 2 aromatic rings. The summed E-state index contributed by atoms with van der Waals surface area (Å²) in [5.41, 5.74) is 3.96. The average Bonchev–Trinajstić information content (AvgIpc) is 2.40. The summed E-state index contributed by atoms with van der Waals surface area (Å²) in [7, 11) is -3.73. The van der Waals surface area contributed by atoms with Crippen LogP contribution in [0.2, 0.25) is 0 Å². The fourth-order valence-electron chi connectivity index (χ4n) is 2.00. The topological polar surface area (TPSA) is 61.8 Å². The minimum Gasteiger partial charge on any atom is -0.356 e. The molecule has 1 atom stereocenters. The number of rotatable bonds is 4. The highest BCUT2D eigenvalue weighted by atomic mass is 32.2. The minimum atomic E-state index is -3.73. The second-order valence-corrected chi connectivity index (χ2v) is 6.46. The zero-order chi connectivity index (χ0) is 14.8. The number of hydrogen-bond donors (Lipinski definition) is 1. The minimum absolute atomic E-state index is 0.00295. The molecular weight excluding hydrogens is 284 g/mol. The van der Waals surface area contributed by atoms with Crippen molar-refractivity contribution in [3.63, 3.8) is 0 Å². The maximum Gasteiger partial charge on any atom is 0.190 e. The summed E-state index contributed by atoms with van der Waals surface area (Å²) in [6.45, 7) is 0.0587. The van der Waals surface area contributed by atoms with E-state index in [1.165, 1.54) is 30.3 Å². The van der Waals surface area contributed by atoms with Crippen LogP contribution in [-0.2, 0) is 9.84 Å². The lowest BCUT2D eigenvalue weighted by molar-refractivity contribution is -0.367. The maximum absolute atomic E-state index is 13.2. The molecule has 0 heterocycles. The molecule has 20 heavy (non-hydrogen) atoms. The molecule has 0 unspecified atom stereocenters. The normalized spacial score (nSPS) is 13.2. The molecule has 0 aliphatic rings. The molecule has 0 saturated carbocycles. The monoisotopic (exact) mass is 298 g/mol. The van der Waals surface area contributed by atoms with Crippen LogP contribution < -0.4 is 5.73 Å². The lowest BCUT2D eigenvalue weighted by Gasteiger charge is -2.14. The summed E-state index contributed by atoms with van der Waals surface area (Å²) >= 11 is 0. The number of benzene rings is 2. The molecule has 0 amide bonds. The van der Waals surface area contributed by atoms with E-state index in [2.05, 4.69) is 5.73 Å². The van der Waals surface area contributed by atoms with E-state index < -0.39 is 26.7 Å². The lowest BCUT2D eigenvalue weighted by Crippen LogP contribution is -2.54. The van der Waals surface area contributed by atoms with E-state index in [1.807, 2.05) is 0 Å². The lowest BCUT2D eigenvalue weighted by atomic mass is 10.1. The zero-order valence-electron chi connectivity index (χ0n) is 10.6. The largest absolute Gasteiger partial charge is 0.356 e. The van der Waals surface area contributed by atoms with Crippen molar-refractivity contribution < 1.29 is 22.9 Å². The van der Waals surface area contributed by atoms with Gasteiger partial charge in [0.2, 0.25) is 0 Å². The van der Waals surface area contributed by atoms with Crippen LogP contribution in [-0.4, -0.2) is 15.0 Å². The van der Waals surface area contributed by atoms with Crippen LogP contribution in [0.15, 0.2) is 53.4 Å². The van der Waals surface area contributed by atoms with Crippen molar-refractivity contribution in [2.45, 2.75) is 10.1 Å². The molecule has 0 aliphatic carbocycles. The van der Waals surface area contributed by atoms with Gasteiger partial charge in [-0.1, -0.05) is 12.1 Å². The molecule has 0 aromatic heterocycles. The van der Waals surface area contributed by atoms with Gasteiger partial charge in [-0.15, -0.1) is 0 Å². The molecule has 6 heteroatoms. The third-order valence-corrected chi connectivity index (χ3v) is 5.19. The van der Waals surface area contributed by atoms with Crippen molar-refractivity contribution in [2.24, 2.45) is 0 Å². The number of halogens is 2. The molecule has 0 aliphatic heterocycles. The summed E-state index contributed by atoms with van der Waals surface area (Å²) in [5.74, 6) is -1.02. The molecule has 2 rings (SSSR count). The van der Waals surface area contributed by atoms with E-state index in [1.54, 1.807) is 6.07 Å². The van der Waals surface area contributed by atoms with E-state index in [9.17, 15) is 17.2 Å². The summed E-state index contributed by atoms with van der Waals surface area (Å²) in [4.78, 5) is -0.00295. The average molecular weight is 298 g/mol. The highest BCUT2D eigenvalue weighted by molar-refractivity contribution is 7.91. The van der Waals surface area contributed by atoms with Crippen LogP contribution >= 0.6 is 0 Å². The Balaban J connectivity index is 2.47. The zero-order valence-corrected chi connectivity index (χ0v) is 11.4. The van der Waals surface area contributed by atoms with Crippen LogP contribution in [0, 0.1) is 11.6 Å². The van der Waals surface area contributed by atoms with Crippen molar-refractivity contribution in [1.29, 1.82) is 0 Å². The second-order valence-electron chi connectivity index (χ2n) is 4.33. The SMILES string of the molecule is [NH3+]C[C@H](c1cccc(F)c1)S(=O)(=O)c1ccc(F)cc1. The Morgan fingerprint density at radius 1 is 1.00 bits per heavy atom. The first-order valence-electron chi connectivity index (χ1n) is 5.99. The molecule has 0 radical (unpaired) electrons. The predicted molar refractivity (Wildman–Crippen MR) is 70.5 cm³/mol. The fourth-order valence-corrected chi connectivity index (χ4v) is 3.66. The first-order chi connectivity index (χ1) is 9.45. The van der Waals surface area contributed by atoms with Crippen LogP contribution in [0.1, 0.15) is 10.8 Å². The van der Waals surface area contributed by atoms with Crippen molar-refractivity contribution in [1.82, 2.24) is 0 Å². The predicted octanol–water partition coefficient (Wildman–Crippen LogP) is 1.72. The van der Waals surface area contributed by atoms with Crippen molar-refractivity contribution in [3.8, 4) is 0 Å². The third-order valence-electron chi connectivity index (χ3n) is 3.00. The van der Waals surface area contributed by atoms with Gasteiger partial charge in [0.05, 0.1) is 11.4 Å². The standard InChI is InChI=1S/C14H13F2NO2S/c15-11-4-6-13(7-5-11)20(18,19)14(9-17)10-2-1-3-12(16)8-10/h1-8,14H,9,17H2/p+1/t14-/m1/s1. The summed E-state index contributed by atoms with van der Waals surface area (Å²) < 4.78 is 51.1. The Morgan fingerprint density at radius 2 is 1.65 bits per heavy atom. The number of hydrogen-bond acceptors (Lipinski definition) is 2. The number of sulfone groups is 1. The van der Waals surface area contributed by atoms with Crippen LogP contribution in [0.25, 0.3) is 0 Å². The van der Waals surface area contributed by atoms with Gasteiger partial charge in [0.15, 0.2) is 9.84 Å². The molecule has 0 bridgehead atoms. The van der Waals surface area contributed by atoms with Gasteiger partial charge in [-0.05, 0) is 42.0 Å². The van der Waals surface area contributed by atoms with Gasteiger partial charge in [0, 0.05) is 0 Å². The summed E-state index contributed by atoms with van der Waals surface area (Å²) in [5, 5.41) is -0.955. The number of quaternary nitrogens is 1. The molecular formula is C14H14F2NO2S+.